The van der Waals surface area contributed by atoms with Crippen molar-refractivity contribution in [1.82, 2.24) is 24.8 Å². The smallest absolute Gasteiger partial charge is 0.411 e. The second kappa shape index (κ2) is 18.4. The molecule has 16 nitrogen and oxygen atoms in total. The molecule has 1 aromatic heterocycles. The minimum absolute atomic E-state index is 0.0117. The predicted octanol–water partition coefficient (Wildman–Crippen LogP) is 4.50. The van der Waals surface area contributed by atoms with Gasteiger partial charge in [-0.3, -0.25) is 14.5 Å². The van der Waals surface area contributed by atoms with E-state index in [4.69, 9.17) is 23.7 Å². The Morgan fingerprint density at radius 1 is 1.05 bits per heavy atom. The summed E-state index contributed by atoms with van der Waals surface area (Å²) in [4.78, 5) is 59.9. The average molecular weight is 844 g/mol. The fourth-order valence-electron chi connectivity index (χ4n) is 9.23. The highest BCUT2D eigenvalue weighted by Gasteiger charge is 2.61. The number of hydrogen-bond acceptors (Lipinski definition) is 14. The number of cyclic esters (lactones) is 1. The quantitative estimate of drug-likeness (QED) is 0.193. The number of benzene rings is 1. The van der Waals surface area contributed by atoms with Crippen LogP contribution in [0.3, 0.4) is 0 Å². The van der Waals surface area contributed by atoms with E-state index in [-0.39, 0.29) is 49.6 Å². The number of likely N-dealkylation sites (N-methyl/N-ethyl adjacent to an activating group) is 1. The summed E-state index contributed by atoms with van der Waals surface area (Å²) >= 11 is 0. The molecular weight excluding hydrogens is 781 g/mol. The molecule has 2 N–H and O–H groups in total. The maximum atomic E-state index is 16.9. The molecule has 13 atom stereocenters. The molecule has 0 aliphatic carbocycles. The zero-order chi connectivity index (χ0) is 44.5. The Morgan fingerprint density at radius 3 is 2.37 bits per heavy atom. The van der Waals surface area contributed by atoms with E-state index >= 15 is 4.39 Å². The van der Waals surface area contributed by atoms with Gasteiger partial charge in [-0.2, -0.15) is 0 Å². The summed E-state index contributed by atoms with van der Waals surface area (Å²) < 4.78 is 48.9. The monoisotopic (exact) mass is 843 g/mol. The molecule has 0 bridgehead atoms. The number of carbonyl (C=O) groups excluding carboxylic acids is 4. The molecule has 2 aromatic rings. The third-order valence-electron chi connectivity index (χ3n) is 12.6. The molecule has 1 aromatic carbocycles. The fraction of sp³-hybridized carbons (Fsp3) is 0.674. The number of rotatable bonds is 10. The van der Waals surface area contributed by atoms with Crippen LogP contribution >= 0.6 is 0 Å². The van der Waals surface area contributed by atoms with E-state index in [0.717, 1.165) is 6.92 Å². The Kier molecular flexibility index (Phi) is 14.3. The van der Waals surface area contributed by atoms with Gasteiger partial charge in [0.15, 0.2) is 17.7 Å². The normalized spacial score (nSPS) is 37.3. The number of ether oxygens (including phenoxy) is 5. The van der Waals surface area contributed by atoms with Crippen molar-refractivity contribution < 1.29 is 57.5 Å². The summed E-state index contributed by atoms with van der Waals surface area (Å²) in [6.07, 6.45) is -0.462. The minimum atomic E-state index is -3.20. The van der Waals surface area contributed by atoms with E-state index < -0.39 is 83.1 Å². The number of halogens is 1. The van der Waals surface area contributed by atoms with Crippen LogP contribution in [0.1, 0.15) is 74.7 Å². The Bertz CT molecular complexity index is 1910. The Hall–Kier alpha value is -4.29. The standard InChI is InChI=1S/C43H62FN5O11/c1-12-32-43(8)35(49(40(55)60-43)19-14-13-18-48-23-30(45-46-48)28-16-15-17-29(50)21-28)26(4)33(51)24(2)22-41(6,56-11)37(27(5)36(53)42(7,44)39(54)58-32)59-38-34(52)31(47(9)10)20-25(3)57-38/h13-17,21,23-27,31-32,34-35,37-38,50,52H,12,18-20,22H2,1-11H3/b14-13+/t24-,25-,26+,27+,31+,32-,34-,35-,37-,38+,41-,42+,43-/m1/s1. The van der Waals surface area contributed by atoms with Crippen LogP contribution in [0.2, 0.25) is 0 Å². The summed E-state index contributed by atoms with van der Waals surface area (Å²) in [5.41, 5.74) is -5.10. The molecule has 1 amide bonds. The molecule has 17 heteroatoms. The van der Waals surface area contributed by atoms with Gasteiger partial charge in [0, 0.05) is 43.0 Å². The lowest BCUT2D eigenvalue weighted by atomic mass is 9.73. The largest absolute Gasteiger partial charge is 0.508 e. The highest BCUT2D eigenvalue weighted by molar-refractivity contribution is 6.08. The van der Waals surface area contributed by atoms with Crippen molar-refractivity contribution in [1.29, 1.82) is 0 Å². The predicted molar refractivity (Wildman–Crippen MR) is 216 cm³/mol. The van der Waals surface area contributed by atoms with Crippen molar-refractivity contribution in [2.45, 2.75) is 141 Å². The van der Waals surface area contributed by atoms with Crippen molar-refractivity contribution in [3.63, 3.8) is 0 Å². The van der Waals surface area contributed by atoms with Crippen LogP contribution in [0.4, 0.5) is 9.18 Å². The highest BCUT2D eigenvalue weighted by Crippen LogP contribution is 2.43. The summed E-state index contributed by atoms with van der Waals surface area (Å²) in [7, 11) is 5.01. The molecule has 0 unspecified atom stereocenters. The second-order valence-corrected chi connectivity index (χ2v) is 17.4. The number of amides is 1. The van der Waals surface area contributed by atoms with Gasteiger partial charge in [0.1, 0.15) is 29.4 Å². The first kappa shape index (κ1) is 46.8. The number of Topliss-reactive ketones (excluding diaryl/α,β-unsaturated/α-hetero) is 2. The van der Waals surface area contributed by atoms with Gasteiger partial charge in [0.2, 0.25) is 0 Å². The van der Waals surface area contributed by atoms with E-state index in [9.17, 15) is 29.4 Å². The van der Waals surface area contributed by atoms with Gasteiger partial charge < -0.3 is 38.8 Å². The summed E-state index contributed by atoms with van der Waals surface area (Å²) in [5, 5.41) is 29.6. The van der Waals surface area contributed by atoms with Gasteiger partial charge >= 0.3 is 12.1 Å². The number of aromatic hydroxyl groups is 1. The molecule has 332 valence electrons. The zero-order valence-electron chi connectivity index (χ0n) is 36.5. The van der Waals surface area contributed by atoms with Gasteiger partial charge in [0.05, 0.1) is 36.6 Å². The molecule has 3 aliphatic heterocycles. The first-order chi connectivity index (χ1) is 28.1. The van der Waals surface area contributed by atoms with Gasteiger partial charge in [-0.1, -0.05) is 57.2 Å². The maximum Gasteiger partial charge on any atom is 0.411 e. The molecule has 0 spiro atoms. The summed E-state index contributed by atoms with van der Waals surface area (Å²) in [5.74, 6) is -5.91. The minimum Gasteiger partial charge on any atom is -0.508 e. The summed E-state index contributed by atoms with van der Waals surface area (Å²) in [6.45, 7) is 12.6. The number of aliphatic hydroxyl groups is 1. The number of allylic oxidation sites excluding steroid dienone is 1. The van der Waals surface area contributed by atoms with Crippen LogP contribution in [0.15, 0.2) is 42.6 Å². The van der Waals surface area contributed by atoms with E-state index in [2.05, 4.69) is 10.3 Å². The SMILES string of the molecule is CC[C@H]1OC(=O)[C@@](C)(F)C(=O)[C@H](C)[C@@H](O[C@@H]2O[C@H](C)C[C@H](N(C)C)[C@H]2O)[C@](C)(OC)C[C@@H](C)C(=O)[C@H](C)[C@H]2N(C/C=C/Cn3cc(-c4cccc(O)c4)nn3)C(=O)O[C@]12C. The lowest BCUT2D eigenvalue weighted by Gasteiger charge is -2.47. The van der Waals surface area contributed by atoms with E-state index in [1.807, 2.05) is 25.9 Å². The molecule has 3 aliphatic rings. The Labute approximate surface area is 351 Å². The number of alkyl halides is 1. The number of nitrogens with zero attached hydrogens (tertiary/aromatic N) is 5. The van der Waals surface area contributed by atoms with Gasteiger partial charge in [-0.05, 0) is 73.2 Å². The molecular formula is C43H62FN5O11. The number of ketones is 2. The van der Waals surface area contributed by atoms with Crippen molar-refractivity contribution in [2.75, 3.05) is 27.7 Å². The van der Waals surface area contributed by atoms with Crippen molar-refractivity contribution in [2.24, 2.45) is 17.8 Å². The number of carbonyl (C=O) groups is 4. The van der Waals surface area contributed by atoms with Crippen molar-refractivity contribution >= 4 is 23.6 Å². The molecule has 5 rings (SSSR count). The zero-order valence-corrected chi connectivity index (χ0v) is 36.5. The van der Waals surface area contributed by atoms with Crippen LogP contribution in [0.25, 0.3) is 11.3 Å². The van der Waals surface area contributed by atoms with Crippen LogP contribution in [0.5, 0.6) is 5.75 Å². The number of aliphatic hydroxyl groups excluding tert-OH is 1. The molecule has 0 radical (unpaired) electrons. The number of phenolic OH excluding ortho intramolecular Hbond substituents is 1. The van der Waals surface area contributed by atoms with Crippen molar-refractivity contribution in [3.8, 4) is 17.0 Å². The lowest BCUT2D eigenvalue weighted by molar-refractivity contribution is -0.295. The first-order valence-corrected chi connectivity index (χ1v) is 20.6. The van der Waals surface area contributed by atoms with Gasteiger partial charge in [-0.25, -0.2) is 18.7 Å². The second-order valence-electron chi connectivity index (χ2n) is 17.4. The summed E-state index contributed by atoms with van der Waals surface area (Å²) in [6, 6.07) is 5.24. The van der Waals surface area contributed by atoms with Crippen LogP contribution in [0, 0.1) is 17.8 Å². The van der Waals surface area contributed by atoms with E-state index in [1.54, 1.807) is 81.9 Å². The number of esters is 1. The molecule has 3 saturated heterocycles. The Balaban J connectivity index is 1.48. The lowest BCUT2D eigenvalue weighted by Crippen LogP contribution is -2.61. The Morgan fingerprint density at radius 2 is 1.73 bits per heavy atom. The van der Waals surface area contributed by atoms with E-state index in [0.29, 0.717) is 17.7 Å². The third kappa shape index (κ3) is 9.29. The first-order valence-electron chi connectivity index (χ1n) is 20.6. The van der Waals surface area contributed by atoms with Crippen LogP contribution < -0.4 is 0 Å². The number of hydrogen-bond donors (Lipinski definition) is 2. The number of aromatic nitrogens is 3. The van der Waals surface area contributed by atoms with Gasteiger partial charge in [-0.15, -0.1) is 5.10 Å². The fourth-order valence-corrected chi connectivity index (χ4v) is 9.23. The molecule has 3 fully saturated rings. The van der Waals surface area contributed by atoms with Gasteiger partial charge in [0.25, 0.3) is 5.67 Å². The number of methoxy groups -OCH3 is 1. The van der Waals surface area contributed by atoms with Crippen molar-refractivity contribution in [3.05, 3.63) is 42.6 Å². The van der Waals surface area contributed by atoms with Crippen LogP contribution in [-0.2, 0) is 44.6 Å². The number of phenols is 1. The molecule has 4 heterocycles. The molecule has 0 saturated carbocycles. The maximum absolute atomic E-state index is 16.9. The number of fused-ring (bicyclic) bond motifs is 1. The average Bonchev–Trinajstić information content (AvgIpc) is 3.78. The topological polar surface area (TPSA) is 192 Å². The molecule has 60 heavy (non-hydrogen) atoms. The highest BCUT2D eigenvalue weighted by atomic mass is 19.1. The van der Waals surface area contributed by atoms with Crippen LogP contribution in [-0.4, -0.2) is 146 Å². The third-order valence-corrected chi connectivity index (χ3v) is 12.6. The van der Waals surface area contributed by atoms with E-state index in [1.165, 1.54) is 18.9 Å².